The Bertz CT molecular complexity index is 396. The Kier molecular flexibility index (Phi) is 3.04. The standard InChI is InChI=1S/C14H21N3/c1-2-16-10-12-4-3-5-14(13(12)11-16)17-8-6-15-7-9-17/h3-5,15H,2,6-11H2,1H3. The highest BCUT2D eigenvalue weighted by Gasteiger charge is 2.23. The molecule has 92 valence electrons. The fourth-order valence-corrected chi connectivity index (χ4v) is 2.90. The van der Waals surface area contributed by atoms with Crippen LogP contribution in [0.2, 0.25) is 0 Å². The maximum Gasteiger partial charge on any atom is 0.0416 e. The second-order valence-electron chi connectivity index (χ2n) is 4.96. The highest BCUT2D eigenvalue weighted by atomic mass is 15.2. The van der Waals surface area contributed by atoms with Crippen LogP contribution in [0.4, 0.5) is 5.69 Å². The Hall–Kier alpha value is -1.06. The van der Waals surface area contributed by atoms with Gasteiger partial charge in [-0.05, 0) is 23.7 Å². The summed E-state index contributed by atoms with van der Waals surface area (Å²) in [5.74, 6) is 0. The molecule has 1 N–H and O–H groups in total. The van der Waals surface area contributed by atoms with Crippen molar-refractivity contribution < 1.29 is 0 Å². The van der Waals surface area contributed by atoms with Crippen LogP contribution in [0.15, 0.2) is 18.2 Å². The normalized spacial score (nSPS) is 20.6. The Labute approximate surface area is 103 Å². The summed E-state index contributed by atoms with van der Waals surface area (Å²) in [4.78, 5) is 5.05. The molecular formula is C14H21N3. The van der Waals surface area contributed by atoms with E-state index >= 15 is 0 Å². The summed E-state index contributed by atoms with van der Waals surface area (Å²) >= 11 is 0. The molecule has 0 aliphatic carbocycles. The van der Waals surface area contributed by atoms with E-state index in [-0.39, 0.29) is 0 Å². The number of fused-ring (bicyclic) bond motifs is 1. The number of rotatable bonds is 2. The number of benzene rings is 1. The minimum atomic E-state index is 1.11. The zero-order chi connectivity index (χ0) is 11.7. The SMILES string of the molecule is CCN1Cc2cccc(N3CCNCC3)c2C1. The molecule has 0 aromatic heterocycles. The average Bonchev–Trinajstić information content (AvgIpc) is 2.82. The van der Waals surface area contributed by atoms with Gasteiger partial charge in [0.1, 0.15) is 0 Å². The van der Waals surface area contributed by atoms with Crippen LogP contribution < -0.4 is 10.2 Å². The molecule has 17 heavy (non-hydrogen) atoms. The van der Waals surface area contributed by atoms with Crippen molar-refractivity contribution in [1.29, 1.82) is 0 Å². The van der Waals surface area contributed by atoms with Crippen LogP contribution in [0.25, 0.3) is 0 Å². The van der Waals surface area contributed by atoms with Crippen molar-refractivity contribution in [2.24, 2.45) is 0 Å². The lowest BCUT2D eigenvalue weighted by molar-refractivity contribution is 0.301. The van der Waals surface area contributed by atoms with E-state index in [1.54, 1.807) is 5.56 Å². The van der Waals surface area contributed by atoms with E-state index in [0.29, 0.717) is 0 Å². The molecule has 0 spiro atoms. The van der Waals surface area contributed by atoms with Crippen molar-refractivity contribution in [1.82, 2.24) is 10.2 Å². The van der Waals surface area contributed by atoms with Crippen LogP contribution >= 0.6 is 0 Å². The summed E-state index contributed by atoms with van der Waals surface area (Å²) in [6, 6.07) is 6.80. The molecule has 0 unspecified atom stereocenters. The van der Waals surface area contributed by atoms with Crippen LogP contribution in [-0.4, -0.2) is 37.6 Å². The van der Waals surface area contributed by atoms with Gasteiger partial charge < -0.3 is 10.2 Å². The Balaban J connectivity index is 1.88. The number of piperazine rings is 1. The summed E-state index contributed by atoms with van der Waals surface area (Å²) in [5, 5.41) is 3.42. The summed E-state index contributed by atoms with van der Waals surface area (Å²) in [6.07, 6.45) is 0. The third-order valence-electron chi connectivity index (χ3n) is 3.93. The minimum absolute atomic E-state index is 1.11. The molecule has 2 heterocycles. The summed E-state index contributed by atoms with van der Waals surface area (Å²) in [5.41, 5.74) is 4.57. The molecule has 0 atom stereocenters. The van der Waals surface area contributed by atoms with Gasteiger partial charge in [0.25, 0.3) is 0 Å². The van der Waals surface area contributed by atoms with Crippen molar-refractivity contribution in [3.05, 3.63) is 29.3 Å². The third-order valence-corrected chi connectivity index (χ3v) is 3.93. The van der Waals surface area contributed by atoms with E-state index in [0.717, 1.165) is 45.8 Å². The lowest BCUT2D eigenvalue weighted by Crippen LogP contribution is -2.43. The van der Waals surface area contributed by atoms with Crippen LogP contribution in [0.5, 0.6) is 0 Å². The number of anilines is 1. The van der Waals surface area contributed by atoms with E-state index in [4.69, 9.17) is 0 Å². The van der Waals surface area contributed by atoms with Crippen molar-refractivity contribution in [2.45, 2.75) is 20.0 Å². The molecule has 0 amide bonds. The van der Waals surface area contributed by atoms with Gasteiger partial charge in [-0.15, -0.1) is 0 Å². The van der Waals surface area contributed by atoms with Gasteiger partial charge in [-0.2, -0.15) is 0 Å². The van der Waals surface area contributed by atoms with E-state index in [1.807, 2.05) is 0 Å². The molecule has 1 saturated heterocycles. The number of hydrogen-bond acceptors (Lipinski definition) is 3. The molecule has 0 bridgehead atoms. The quantitative estimate of drug-likeness (QED) is 0.831. The van der Waals surface area contributed by atoms with Crippen molar-refractivity contribution in [2.75, 3.05) is 37.6 Å². The van der Waals surface area contributed by atoms with E-state index in [2.05, 4.69) is 40.2 Å². The van der Waals surface area contributed by atoms with E-state index in [1.165, 1.54) is 11.3 Å². The monoisotopic (exact) mass is 231 g/mol. The molecule has 0 saturated carbocycles. The Morgan fingerprint density at radius 3 is 2.76 bits per heavy atom. The first-order valence-corrected chi connectivity index (χ1v) is 6.67. The Morgan fingerprint density at radius 2 is 2.00 bits per heavy atom. The van der Waals surface area contributed by atoms with Crippen LogP contribution in [-0.2, 0) is 13.1 Å². The zero-order valence-electron chi connectivity index (χ0n) is 10.6. The van der Waals surface area contributed by atoms with Gasteiger partial charge in [0.2, 0.25) is 0 Å². The molecule has 1 aromatic carbocycles. The van der Waals surface area contributed by atoms with Gasteiger partial charge in [0.05, 0.1) is 0 Å². The minimum Gasteiger partial charge on any atom is -0.369 e. The maximum absolute atomic E-state index is 3.42. The molecule has 2 aliphatic rings. The highest BCUT2D eigenvalue weighted by Crippen LogP contribution is 2.31. The maximum atomic E-state index is 3.42. The van der Waals surface area contributed by atoms with Gasteiger partial charge in [0, 0.05) is 45.0 Å². The highest BCUT2D eigenvalue weighted by molar-refractivity contribution is 5.58. The van der Waals surface area contributed by atoms with Gasteiger partial charge in [-0.1, -0.05) is 19.1 Å². The first kappa shape index (κ1) is 11.1. The van der Waals surface area contributed by atoms with Crippen LogP contribution in [0, 0.1) is 0 Å². The number of hydrogen-bond donors (Lipinski definition) is 1. The van der Waals surface area contributed by atoms with E-state index in [9.17, 15) is 0 Å². The van der Waals surface area contributed by atoms with Crippen molar-refractivity contribution >= 4 is 5.69 Å². The van der Waals surface area contributed by atoms with Crippen LogP contribution in [0.3, 0.4) is 0 Å². The summed E-state index contributed by atoms with van der Waals surface area (Å²) in [6.45, 7) is 10.2. The van der Waals surface area contributed by atoms with Crippen LogP contribution in [0.1, 0.15) is 18.1 Å². The molecule has 0 radical (unpaired) electrons. The Morgan fingerprint density at radius 1 is 1.18 bits per heavy atom. The predicted octanol–water partition coefficient (Wildman–Crippen LogP) is 1.43. The van der Waals surface area contributed by atoms with Crippen molar-refractivity contribution in [3.63, 3.8) is 0 Å². The van der Waals surface area contributed by atoms with Gasteiger partial charge in [-0.25, -0.2) is 0 Å². The number of nitrogens with zero attached hydrogens (tertiary/aromatic N) is 2. The summed E-state index contributed by atoms with van der Waals surface area (Å²) < 4.78 is 0. The second kappa shape index (κ2) is 4.67. The topological polar surface area (TPSA) is 18.5 Å². The largest absolute Gasteiger partial charge is 0.369 e. The third kappa shape index (κ3) is 2.05. The van der Waals surface area contributed by atoms with Gasteiger partial charge in [0.15, 0.2) is 0 Å². The first-order chi connectivity index (χ1) is 8.38. The molecule has 3 rings (SSSR count). The lowest BCUT2D eigenvalue weighted by Gasteiger charge is -2.31. The molecular weight excluding hydrogens is 210 g/mol. The summed E-state index contributed by atoms with van der Waals surface area (Å²) in [7, 11) is 0. The first-order valence-electron chi connectivity index (χ1n) is 6.67. The molecule has 2 aliphatic heterocycles. The predicted molar refractivity (Wildman–Crippen MR) is 71.3 cm³/mol. The fraction of sp³-hybridized carbons (Fsp3) is 0.571. The number of nitrogens with one attached hydrogen (secondary N) is 1. The lowest BCUT2D eigenvalue weighted by atomic mass is 10.1. The average molecular weight is 231 g/mol. The van der Waals surface area contributed by atoms with Gasteiger partial charge >= 0.3 is 0 Å². The molecule has 3 nitrogen and oxygen atoms in total. The molecule has 3 heteroatoms. The molecule has 1 fully saturated rings. The fourth-order valence-electron chi connectivity index (χ4n) is 2.90. The van der Waals surface area contributed by atoms with E-state index < -0.39 is 0 Å². The van der Waals surface area contributed by atoms with Crippen molar-refractivity contribution in [3.8, 4) is 0 Å². The van der Waals surface area contributed by atoms with Gasteiger partial charge in [-0.3, -0.25) is 4.90 Å². The molecule has 1 aromatic rings. The smallest absolute Gasteiger partial charge is 0.0416 e. The zero-order valence-corrected chi connectivity index (χ0v) is 10.6. The second-order valence-corrected chi connectivity index (χ2v) is 4.96.